The fourth-order valence-electron chi connectivity index (χ4n) is 4.91. The maximum Gasteiger partial charge on any atom is 0.330 e. The van der Waals surface area contributed by atoms with Gasteiger partial charge in [0.25, 0.3) is 5.56 Å². The highest BCUT2D eigenvalue weighted by Gasteiger charge is 2.41. The van der Waals surface area contributed by atoms with Crippen LogP contribution in [-0.4, -0.2) is 33.5 Å². The number of aliphatic hydroxyl groups excluding tert-OH is 1. The summed E-state index contributed by atoms with van der Waals surface area (Å²) in [5.41, 5.74) is 1.02. The van der Waals surface area contributed by atoms with Crippen molar-refractivity contribution in [3.05, 3.63) is 145 Å². The molecule has 3 aromatic carbocycles. The van der Waals surface area contributed by atoms with Crippen LogP contribution in [0.3, 0.4) is 0 Å². The third-order valence-corrected chi connectivity index (χ3v) is 7.02. The van der Waals surface area contributed by atoms with Gasteiger partial charge in [-0.25, -0.2) is 4.79 Å². The van der Waals surface area contributed by atoms with E-state index in [1.807, 2.05) is 91.0 Å². The van der Waals surface area contributed by atoms with Crippen LogP contribution in [0.25, 0.3) is 6.08 Å². The van der Waals surface area contributed by atoms with Crippen LogP contribution in [0, 0.1) is 0 Å². The number of nitrogens with one attached hydrogen (secondary N) is 1. The van der Waals surface area contributed by atoms with Gasteiger partial charge < -0.3 is 14.6 Å². The first-order chi connectivity index (χ1) is 18.5. The molecule has 1 fully saturated rings. The zero-order valence-corrected chi connectivity index (χ0v) is 22.0. The highest BCUT2D eigenvalue weighted by atomic mass is 79.9. The molecule has 0 unspecified atom stereocenters. The minimum Gasteiger partial charge on any atom is -0.390 e. The number of aromatic nitrogens is 2. The molecule has 1 aromatic heterocycles. The fourth-order valence-corrected chi connectivity index (χ4v) is 5.20. The molecule has 38 heavy (non-hydrogen) atoms. The molecule has 0 amide bonds. The summed E-state index contributed by atoms with van der Waals surface area (Å²) in [4.78, 5) is 28.5. The fraction of sp³-hybridized carbons (Fsp3) is 0.200. The largest absolute Gasteiger partial charge is 0.390 e. The second-order valence-electron chi connectivity index (χ2n) is 9.07. The Morgan fingerprint density at radius 1 is 0.947 bits per heavy atom. The number of aliphatic hydroxyl groups is 1. The van der Waals surface area contributed by atoms with Gasteiger partial charge in [0.1, 0.15) is 17.9 Å². The van der Waals surface area contributed by atoms with E-state index < -0.39 is 35.3 Å². The van der Waals surface area contributed by atoms with E-state index in [1.165, 1.54) is 21.8 Å². The predicted octanol–water partition coefficient (Wildman–Crippen LogP) is 4.56. The molecule has 5 rings (SSSR count). The first-order valence-corrected chi connectivity index (χ1v) is 13.2. The van der Waals surface area contributed by atoms with Crippen LogP contribution >= 0.6 is 15.9 Å². The van der Waals surface area contributed by atoms with Gasteiger partial charge in [0.05, 0.1) is 18.3 Å². The quantitative estimate of drug-likeness (QED) is 0.301. The Morgan fingerprint density at radius 3 is 1.97 bits per heavy atom. The van der Waals surface area contributed by atoms with E-state index in [9.17, 15) is 14.7 Å². The molecule has 0 aliphatic carbocycles. The second kappa shape index (κ2) is 11.4. The minimum absolute atomic E-state index is 0.0581. The number of halogens is 1. The molecule has 0 saturated carbocycles. The van der Waals surface area contributed by atoms with E-state index in [2.05, 4.69) is 20.9 Å². The second-order valence-corrected chi connectivity index (χ2v) is 9.59. The summed E-state index contributed by atoms with van der Waals surface area (Å²) in [5, 5.41) is 10.9. The van der Waals surface area contributed by atoms with Gasteiger partial charge in [-0.05, 0) is 27.8 Å². The number of rotatable bonds is 8. The SMILES string of the molecule is O=c1[nH]c(=O)n([C@H]2C[C@H](O)[C@@H](COC(c3ccccc3)(c3ccccc3)c3ccccc3)O2)cc1C=CBr. The third kappa shape index (κ3) is 5.08. The van der Waals surface area contributed by atoms with Gasteiger partial charge in [-0.15, -0.1) is 0 Å². The Hall–Kier alpha value is -3.56. The third-order valence-electron chi connectivity index (χ3n) is 6.76. The van der Waals surface area contributed by atoms with Crippen LogP contribution in [0.2, 0.25) is 0 Å². The molecular weight excluding hydrogens is 548 g/mol. The molecule has 0 radical (unpaired) electrons. The average Bonchev–Trinajstić information content (AvgIpc) is 3.32. The van der Waals surface area contributed by atoms with Crippen molar-refractivity contribution >= 4 is 22.0 Å². The van der Waals surface area contributed by atoms with Crippen molar-refractivity contribution in [1.82, 2.24) is 9.55 Å². The summed E-state index contributed by atoms with van der Waals surface area (Å²) >= 11 is 3.15. The number of ether oxygens (including phenoxy) is 2. The van der Waals surface area contributed by atoms with Gasteiger partial charge in [-0.2, -0.15) is 0 Å². The van der Waals surface area contributed by atoms with Gasteiger partial charge >= 0.3 is 5.69 Å². The molecule has 3 atom stereocenters. The van der Waals surface area contributed by atoms with Crippen molar-refractivity contribution in [3.8, 4) is 0 Å². The van der Waals surface area contributed by atoms with Crippen molar-refractivity contribution in [2.75, 3.05) is 6.61 Å². The van der Waals surface area contributed by atoms with Crippen LogP contribution < -0.4 is 11.2 Å². The molecule has 0 bridgehead atoms. The summed E-state index contributed by atoms with van der Waals surface area (Å²) in [6.07, 6.45) is 0.798. The molecule has 1 aliphatic rings. The highest BCUT2D eigenvalue weighted by Crippen LogP contribution is 2.41. The Bertz CT molecular complexity index is 1410. The van der Waals surface area contributed by atoms with Gasteiger partial charge in [-0.3, -0.25) is 14.3 Å². The number of aromatic amines is 1. The standard InChI is InChI=1S/C30H27BrN2O5/c31-17-16-21-19-33(29(36)32-28(21)35)27-18-25(34)26(38-27)20-37-30(22-10-4-1-5-11-22,23-12-6-2-7-13-23)24-14-8-3-9-15-24/h1-17,19,25-27,34H,18,20H2,(H,32,35,36)/t25-,26+,27+/m0/s1. The lowest BCUT2D eigenvalue weighted by molar-refractivity contribution is -0.0944. The number of H-pyrrole nitrogens is 1. The molecule has 1 saturated heterocycles. The lowest BCUT2D eigenvalue weighted by atomic mass is 9.80. The van der Waals surface area contributed by atoms with Gasteiger partial charge in [0.15, 0.2) is 0 Å². The smallest absolute Gasteiger partial charge is 0.330 e. The van der Waals surface area contributed by atoms with E-state index >= 15 is 0 Å². The number of hydrogen-bond acceptors (Lipinski definition) is 5. The molecule has 1 aliphatic heterocycles. The zero-order chi connectivity index (χ0) is 26.5. The lowest BCUT2D eigenvalue weighted by Gasteiger charge is -2.37. The van der Waals surface area contributed by atoms with Crippen LogP contribution in [0.4, 0.5) is 0 Å². The van der Waals surface area contributed by atoms with E-state index in [1.54, 1.807) is 0 Å². The number of benzene rings is 3. The summed E-state index contributed by atoms with van der Waals surface area (Å²) in [7, 11) is 0. The molecular formula is C30H27BrN2O5. The molecule has 0 spiro atoms. The Morgan fingerprint density at radius 2 is 1.47 bits per heavy atom. The van der Waals surface area contributed by atoms with E-state index in [4.69, 9.17) is 9.47 Å². The summed E-state index contributed by atoms with van der Waals surface area (Å²) in [5.74, 6) is 0. The minimum atomic E-state index is -0.965. The average molecular weight is 575 g/mol. The molecule has 2 N–H and O–H groups in total. The van der Waals surface area contributed by atoms with Gasteiger partial charge in [0, 0.05) is 12.6 Å². The number of nitrogens with zero attached hydrogens (tertiary/aromatic N) is 1. The summed E-state index contributed by atoms with van der Waals surface area (Å²) in [6.45, 7) is 0.0581. The Labute approximate surface area is 228 Å². The van der Waals surface area contributed by atoms with Crippen LogP contribution in [0.5, 0.6) is 0 Å². The Balaban J connectivity index is 1.49. The molecule has 2 heterocycles. The van der Waals surface area contributed by atoms with Gasteiger partial charge in [0.2, 0.25) is 0 Å². The molecule has 4 aromatic rings. The molecule has 8 heteroatoms. The first-order valence-electron chi connectivity index (χ1n) is 12.3. The van der Waals surface area contributed by atoms with Gasteiger partial charge in [-0.1, -0.05) is 107 Å². The summed E-state index contributed by atoms with van der Waals surface area (Å²) < 4.78 is 14.2. The molecule has 194 valence electrons. The van der Waals surface area contributed by atoms with E-state index in [-0.39, 0.29) is 18.6 Å². The Kier molecular flexibility index (Phi) is 7.85. The lowest BCUT2D eigenvalue weighted by Crippen LogP contribution is -2.38. The van der Waals surface area contributed by atoms with E-state index in [0.29, 0.717) is 0 Å². The van der Waals surface area contributed by atoms with Crippen LogP contribution in [0.15, 0.2) is 112 Å². The topological polar surface area (TPSA) is 93.6 Å². The van der Waals surface area contributed by atoms with Crippen LogP contribution in [0.1, 0.15) is 34.9 Å². The number of hydrogen-bond donors (Lipinski definition) is 2. The van der Waals surface area contributed by atoms with Crippen molar-refractivity contribution in [2.45, 2.75) is 30.5 Å². The van der Waals surface area contributed by atoms with Crippen molar-refractivity contribution < 1.29 is 14.6 Å². The molecule has 7 nitrogen and oxygen atoms in total. The highest BCUT2D eigenvalue weighted by molar-refractivity contribution is 9.11. The summed E-state index contributed by atoms with van der Waals surface area (Å²) in [6, 6.07) is 29.8. The maximum absolute atomic E-state index is 12.5. The first kappa shape index (κ1) is 26.1. The van der Waals surface area contributed by atoms with Crippen LogP contribution in [-0.2, 0) is 15.1 Å². The predicted molar refractivity (Wildman–Crippen MR) is 149 cm³/mol. The zero-order valence-electron chi connectivity index (χ0n) is 20.4. The monoisotopic (exact) mass is 574 g/mol. The van der Waals surface area contributed by atoms with Crippen molar-refractivity contribution in [2.24, 2.45) is 0 Å². The van der Waals surface area contributed by atoms with Crippen molar-refractivity contribution in [3.63, 3.8) is 0 Å². The maximum atomic E-state index is 12.5. The van der Waals surface area contributed by atoms with E-state index in [0.717, 1.165) is 16.7 Å². The normalized spacial score (nSPS) is 19.7. The van der Waals surface area contributed by atoms with Crippen molar-refractivity contribution in [1.29, 1.82) is 0 Å².